The van der Waals surface area contributed by atoms with Crippen LogP contribution in [-0.2, 0) is 0 Å². The first-order chi connectivity index (χ1) is 10.7. The van der Waals surface area contributed by atoms with Gasteiger partial charge in [0.15, 0.2) is 5.82 Å². The normalized spacial score (nSPS) is 11.2. The average molecular weight is 356 g/mol. The van der Waals surface area contributed by atoms with Gasteiger partial charge in [0.05, 0.1) is 18.3 Å². The Morgan fingerprint density at radius 3 is 2.73 bits per heavy atom. The van der Waals surface area contributed by atoms with Crippen LogP contribution in [0, 0.1) is 6.92 Å². The zero-order chi connectivity index (χ0) is 15.5. The Labute approximate surface area is 137 Å². The number of fused-ring (bicyclic) bond motifs is 1. The molecule has 0 spiro atoms. The molecule has 5 heteroatoms. The number of pyridine rings is 1. The average Bonchev–Trinajstić information content (AvgIpc) is 2.51. The molecule has 0 aliphatic heterocycles. The molecule has 0 fully saturated rings. The van der Waals surface area contributed by atoms with Crippen LogP contribution in [0.25, 0.3) is 23.1 Å². The van der Waals surface area contributed by atoms with Crippen LogP contribution in [-0.4, -0.2) is 22.1 Å². The molecule has 2 heterocycles. The van der Waals surface area contributed by atoms with E-state index in [1.807, 2.05) is 49.4 Å². The summed E-state index contributed by atoms with van der Waals surface area (Å²) in [7, 11) is 1.66. The molecule has 0 radical (unpaired) electrons. The Hall–Kier alpha value is -2.27. The van der Waals surface area contributed by atoms with E-state index < -0.39 is 0 Å². The molecule has 1 aromatic carbocycles. The Balaban J connectivity index is 2.03. The molecule has 0 unspecified atom stereocenters. The Kier molecular flexibility index (Phi) is 4.15. The first-order valence-corrected chi connectivity index (χ1v) is 7.57. The first kappa shape index (κ1) is 14.7. The third-order valence-electron chi connectivity index (χ3n) is 3.19. The van der Waals surface area contributed by atoms with Gasteiger partial charge in [-0.15, -0.1) is 0 Å². The smallest absolute Gasteiger partial charge is 0.152 e. The van der Waals surface area contributed by atoms with Gasteiger partial charge in [-0.3, -0.25) is 0 Å². The van der Waals surface area contributed by atoms with Crippen molar-refractivity contribution in [3.8, 4) is 5.75 Å². The summed E-state index contributed by atoms with van der Waals surface area (Å²) in [5.74, 6) is 1.46. The molecule has 4 nitrogen and oxygen atoms in total. The third kappa shape index (κ3) is 3.14. The monoisotopic (exact) mass is 355 g/mol. The lowest BCUT2D eigenvalue weighted by Crippen LogP contribution is -1.91. The van der Waals surface area contributed by atoms with E-state index in [0.717, 1.165) is 32.5 Å². The Morgan fingerprint density at radius 1 is 1.09 bits per heavy atom. The lowest BCUT2D eigenvalue weighted by atomic mass is 10.1. The molecular weight excluding hydrogens is 342 g/mol. The predicted octanol–water partition coefficient (Wildman–Crippen LogP) is 4.27. The van der Waals surface area contributed by atoms with E-state index in [9.17, 15) is 0 Å². The highest BCUT2D eigenvalue weighted by atomic mass is 79.9. The van der Waals surface area contributed by atoms with E-state index in [-0.39, 0.29) is 0 Å². The molecule has 0 aliphatic rings. The minimum Gasteiger partial charge on any atom is -0.496 e. The fourth-order valence-corrected chi connectivity index (χ4v) is 2.50. The van der Waals surface area contributed by atoms with E-state index in [2.05, 4.69) is 30.9 Å². The minimum absolute atomic E-state index is 0.662. The van der Waals surface area contributed by atoms with Gasteiger partial charge in [0, 0.05) is 27.8 Å². The fraction of sp³-hybridized carbons (Fsp3) is 0.118. The van der Waals surface area contributed by atoms with Crippen molar-refractivity contribution in [1.29, 1.82) is 0 Å². The number of halogens is 1. The van der Waals surface area contributed by atoms with Crippen molar-refractivity contribution < 1.29 is 4.74 Å². The molecule has 0 saturated heterocycles. The number of hydrogen-bond acceptors (Lipinski definition) is 4. The zero-order valence-electron chi connectivity index (χ0n) is 12.2. The summed E-state index contributed by atoms with van der Waals surface area (Å²) in [6, 6.07) is 9.71. The largest absolute Gasteiger partial charge is 0.496 e. The topological polar surface area (TPSA) is 47.9 Å². The summed E-state index contributed by atoms with van der Waals surface area (Å²) in [6.07, 6.45) is 5.48. The Morgan fingerprint density at radius 2 is 1.95 bits per heavy atom. The lowest BCUT2D eigenvalue weighted by molar-refractivity contribution is 0.419. The van der Waals surface area contributed by atoms with Crippen molar-refractivity contribution in [1.82, 2.24) is 15.0 Å². The summed E-state index contributed by atoms with van der Waals surface area (Å²) in [6.45, 7) is 1.94. The van der Waals surface area contributed by atoms with Gasteiger partial charge in [-0.1, -0.05) is 15.9 Å². The van der Waals surface area contributed by atoms with E-state index >= 15 is 0 Å². The maximum absolute atomic E-state index is 5.46. The lowest BCUT2D eigenvalue weighted by Gasteiger charge is -2.07. The van der Waals surface area contributed by atoms with E-state index in [1.165, 1.54) is 0 Å². The maximum atomic E-state index is 5.46. The summed E-state index contributed by atoms with van der Waals surface area (Å²) < 4.78 is 6.44. The molecule has 0 N–H and O–H groups in total. The molecule has 0 aliphatic carbocycles. The maximum Gasteiger partial charge on any atom is 0.152 e. The number of aryl methyl sites for hydroxylation is 1. The highest BCUT2D eigenvalue weighted by Gasteiger charge is 2.05. The number of rotatable bonds is 3. The van der Waals surface area contributed by atoms with Crippen LogP contribution in [0.3, 0.4) is 0 Å². The van der Waals surface area contributed by atoms with E-state index in [1.54, 1.807) is 13.3 Å². The first-order valence-electron chi connectivity index (χ1n) is 6.78. The van der Waals surface area contributed by atoms with Gasteiger partial charge in [0.2, 0.25) is 0 Å². The van der Waals surface area contributed by atoms with Crippen molar-refractivity contribution in [2.45, 2.75) is 6.92 Å². The van der Waals surface area contributed by atoms with Crippen LogP contribution < -0.4 is 4.74 Å². The van der Waals surface area contributed by atoms with Gasteiger partial charge < -0.3 is 4.74 Å². The summed E-state index contributed by atoms with van der Waals surface area (Å²) in [5.41, 5.74) is 2.61. The molecule has 0 bridgehead atoms. The minimum atomic E-state index is 0.662. The van der Waals surface area contributed by atoms with Crippen LogP contribution in [0.1, 0.15) is 17.2 Å². The van der Waals surface area contributed by atoms with Crippen LogP contribution in [0.2, 0.25) is 0 Å². The van der Waals surface area contributed by atoms with Gasteiger partial charge in [-0.05, 0) is 43.3 Å². The summed E-state index contributed by atoms with van der Waals surface area (Å²) in [5, 5.41) is 0.981. The molecule has 3 aromatic rings. The van der Waals surface area contributed by atoms with E-state index in [0.29, 0.717) is 5.82 Å². The predicted molar refractivity (Wildman–Crippen MR) is 91.7 cm³/mol. The van der Waals surface area contributed by atoms with Gasteiger partial charge in [-0.25, -0.2) is 15.0 Å². The van der Waals surface area contributed by atoms with Gasteiger partial charge >= 0.3 is 0 Å². The second kappa shape index (κ2) is 6.23. The molecule has 3 rings (SSSR count). The van der Waals surface area contributed by atoms with Gasteiger partial charge in [0.25, 0.3) is 0 Å². The van der Waals surface area contributed by atoms with Crippen LogP contribution in [0.4, 0.5) is 0 Å². The summed E-state index contributed by atoms with van der Waals surface area (Å²) in [4.78, 5) is 13.2. The van der Waals surface area contributed by atoms with Crippen molar-refractivity contribution in [3.63, 3.8) is 0 Å². The second-order valence-corrected chi connectivity index (χ2v) is 5.72. The zero-order valence-corrected chi connectivity index (χ0v) is 13.8. The van der Waals surface area contributed by atoms with Crippen molar-refractivity contribution >= 4 is 39.0 Å². The van der Waals surface area contributed by atoms with Crippen molar-refractivity contribution in [2.24, 2.45) is 0 Å². The molecule has 2 aromatic heterocycles. The molecular formula is C17H14BrN3O. The summed E-state index contributed by atoms with van der Waals surface area (Å²) >= 11 is 3.47. The molecule has 110 valence electrons. The quantitative estimate of drug-likeness (QED) is 0.703. The highest BCUT2D eigenvalue weighted by molar-refractivity contribution is 9.10. The molecule has 22 heavy (non-hydrogen) atoms. The van der Waals surface area contributed by atoms with Crippen LogP contribution in [0.5, 0.6) is 5.75 Å². The van der Waals surface area contributed by atoms with Crippen molar-refractivity contribution in [3.05, 3.63) is 58.2 Å². The van der Waals surface area contributed by atoms with Crippen LogP contribution in [0.15, 0.2) is 41.0 Å². The Bertz CT molecular complexity index is 862. The van der Waals surface area contributed by atoms with Crippen molar-refractivity contribution in [2.75, 3.05) is 7.11 Å². The number of ether oxygens (including phenoxy) is 1. The van der Waals surface area contributed by atoms with Crippen LogP contribution >= 0.6 is 15.9 Å². The number of benzene rings is 1. The van der Waals surface area contributed by atoms with Gasteiger partial charge in [-0.2, -0.15) is 0 Å². The van der Waals surface area contributed by atoms with E-state index in [4.69, 9.17) is 4.74 Å². The standard InChI is InChI=1S/C17H14BrN3O/c1-11-7-8-19-17(20-11)6-4-13-10-16(22-2)14-5-3-12(18)9-15(14)21-13/h3-10H,1-2H3. The molecule has 0 saturated carbocycles. The second-order valence-electron chi connectivity index (χ2n) is 4.80. The molecule has 0 amide bonds. The molecule has 0 atom stereocenters. The number of nitrogens with zero attached hydrogens (tertiary/aromatic N) is 3. The fourth-order valence-electron chi connectivity index (χ4n) is 2.15. The number of aromatic nitrogens is 3. The highest BCUT2D eigenvalue weighted by Crippen LogP contribution is 2.28. The number of hydrogen-bond donors (Lipinski definition) is 0. The SMILES string of the molecule is COc1cc(C=Cc2nccc(C)n2)nc2cc(Br)ccc12. The third-order valence-corrected chi connectivity index (χ3v) is 3.68. The van der Waals surface area contributed by atoms with Gasteiger partial charge in [0.1, 0.15) is 5.75 Å². The number of methoxy groups -OCH3 is 1.